The Bertz CT molecular complexity index is 1520. The van der Waals surface area contributed by atoms with Gasteiger partial charge in [0.1, 0.15) is 0 Å². The summed E-state index contributed by atoms with van der Waals surface area (Å²) in [4.78, 5) is 35.4. The van der Waals surface area contributed by atoms with Gasteiger partial charge in [-0.3, -0.25) is 15.4 Å². The highest BCUT2D eigenvalue weighted by Gasteiger charge is 2.06. The van der Waals surface area contributed by atoms with Crippen molar-refractivity contribution in [2.75, 3.05) is 29.2 Å². The van der Waals surface area contributed by atoms with Crippen LogP contribution in [0, 0.1) is 6.92 Å². The summed E-state index contributed by atoms with van der Waals surface area (Å²) in [6.07, 6.45) is 3.82. The molecule has 0 heterocycles. The van der Waals surface area contributed by atoms with Gasteiger partial charge in [-0.15, -0.1) is 0 Å². The van der Waals surface area contributed by atoms with Crippen LogP contribution < -0.4 is 16.0 Å². The minimum atomic E-state index is -0.487. The molecule has 4 rings (SSSR count). The number of hydrogen-bond donors (Lipinski definition) is 3. The number of anilines is 3. The van der Waals surface area contributed by atoms with E-state index >= 15 is 0 Å². The number of rotatable bonds is 14. The van der Waals surface area contributed by atoms with Crippen LogP contribution in [0.1, 0.15) is 60.4 Å². The first-order valence-corrected chi connectivity index (χ1v) is 15.3. The number of nitrogens with one attached hydrogen (secondary N) is 3. The Morgan fingerprint density at radius 3 is 1.18 bits per heavy atom. The summed E-state index contributed by atoms with van der Waals surface area (Å²) >= 11 is 0. The summed E-state index contributed by atoms with van der Waals surface area (Å²) in [5, 5.41) is 8.28. The van der Waals surface area contributed by atoms with Crippen molar-refractivity contribution in [2.45, 2.75) is 52.4 Å². The molecule has 4 aromatic rings. The van der Waals surface area contributed by atoms with E-state index in [9.17, 15) is 14.4 Å². The Labute approximate surface area is 265 Å². The average molecular weight is 608 g/mol. The molecule has 0 aromatic heterocycles. The molecule has 0 atom stereocenters. The molecule has 3 amide bonds. The van der Waals surface area contributed by atoms with Crippen LogP contribution in [0.2, 0.25) is 0 Å². The van der Waals surface area contributed by atoms with Gasteiger partial charge in [-0.2, -0.15) is 0 Å². The SMILES string of the molecule is CC(=O)Nc1ccc(Cc2ccc(NC(=O)OCCCCCCOC(=O)Nc3ccc(Cc4ccc(C)cc4)cc3)cc2)cc1. The lowest BCUT2D eigenvalue weighted by Gasteiger charge is -2.09. The first-order valence-electron chi connectivity index (χ1n) is 15.3. The van der Waals surface area contributed by atoms with Crippen molar-refractivity contribution >= 4 is 35.2 Å². The van der Waals surface area contributed by atoms with Crippen molar-refractivity contribution in [1.29, 1.82) is 0 Å². The maximum atomic E-state index is 12.1. The van der Waals surface area contributed by atoms with Crippen LogP contribution in [0.15, 0.2) is 97.1 Å². The van der Waals surface area contributed by atoms with Gasteiger partial charge in [0.25, 0.3) is 0 Å². The summed E-state index contributed by atoms with van der Waals surface area (Å²) in [6.45, 7) is 4.21. The Kier molecular flexibility index (Phi) is 12.6. The molecule has 0 saturated heterocycles. The summed E-state index contributed by atoms with van der Waals surface area (Å²) in [5.41, 5.74) is 8.02. The second-order valence-electron chi connectivity index (χ2n) is 11.0. The summed E-state index contributed by atoms with van der Waals surface area (Å²) in [6, 6.07) is 31.6. The highest BCUT2D eigenvalue weighted by atomic mass is 16.6. The Morgan fingerprint density at radius 1 is 0.489 bits per heavy atom. The Balaban J connectivity index is 1.02. The minimum Gasteiger partial charge on any atom is -0.449 e. The van der Waals surface area contributed by atoms with E-state index < -0.39 is 12.2 Å². The molecular weight excluding hydrogens is 566 g/mol. The molecule has 0 fully saturated rings. The third-order valence-electron chi connectivity index (χ3n) is 7.12. The second-order valence-corrected chi connectivity index (χ2v) is 11.0. The lowest BCUT2D eigenvalue weighted by atomic mass is 10.0. The van der Waals surface area contributed by atoms with Crippen molar-refractivity contribution in [1.82, 2.24) is 0 Å². The van der Waals surface area contributed by atoms with Gasteiger partial charge in [-0.1, -0.05) is 66.2 Å². The van der Waals surface area contributed by atoms with E-state index in [4.69, 9.17) is 9.47 Å². The maximum Gasteiger partial charge on any atom is 0.411 e. The van der Waals surface area contributed by atoms with E-state index in [0.717, 1.165) is 55.3 Å². The molecule has 234 valence electrons. The fourth-order valence-electron chi connectivity index (χ4n) is 4.69. The molecule has 0 spiro atoms. The number of amides is 3. The lowest BCUT2D eigenvalue weighted by Crippen LogP contribution is -2.15. The predicted molar refractivity (Wildman–Crippen MR) is 179 cm³/mol. The number of ether oxygens (including phenoxy) is 2. The third-order valence-corrected chi connectivity index (χ3v) is 7.12. The standard InChI is InChI=1S/C37H41N3O5/c1-27-7-9-29(10-8-27)25-31-13-19-34(20-14-31)39-36(42)44-23-5-3-4-6-24-45-37(43)40-35-21-15-32(16-22-35)26-30-11-17-33(18-12-30)38-28(2)41/h7-22H,3-6,23-26H2,1-2H3,(H,38,41)(H,39,42)(H,40,43). The quantitative estimate of drug-likeness (QED) is 0.125. The van der Waals surface area contributed by atoms with Crippen molar-refractivity contribution in [3.05, 3.63) is 125 Å². The van der Waals surface area contributed by atoms with E-state index in [1.54, 1.807) is 0 Å². The molecule has 0 aliphatic rings. The molecule has 0 aliphatic carbocycles. The maximum absolute atomic E-state index is 12.1. The van der Waals surface area contributed by atoms with Crippen LogP contribution in [-0.4, -0.2) is 31.3 Å². The smallest absolute Gasteiger partial charge is 0.411 e. The largest absolute Gasteiger partial charge is 0.449 e. The highest BCUT2D eigenvalue weighted by Crippen LogP contribution is 2.17. The van der Waals surface area contributed by atoms with Gasteiger partial charge in [0.15, 0.2) is 0 Å². The molecule has 45 heavy (non-hydrogen) atoms. The van der Waals surface area contributed by atoms with Crippen LogP contribution in [0.3, 0.4) is 0 Å². The van der Waals surface area contributed by atoms with Crippen LogP contribution in [-0.2, 0) is 27.1 Å². The van der Waals surface area contributed by atoms with E-state index in [2.05, 4.69) is 47.1 Å². The van der Waals surface area contributed by atoms with Crippen LogP contribution in [0.4, 0.5) is 26.7 Å². The average Bonchev–Trinajstić information content (AvgIpc) is 3.02. The van der Waals surface area contributed by atoms with Gasteiger partial charge in [0, 0.05) is 24.0 Å². The number of unbranched alkanes of at least 4 members (excludes halogenated alkanes) is 3. The molecule has 0 saturated carbocycles. The van der Waals surface area contributed by atoms with E-state index in [-0.39, 0.29) is 5.91 Å². The first-order chi connectivity index (χ1) is 21.8. The van der Waals surface area contributed by atoms with Crippen LogP contribution in [0.25, 0.3) is 0 Å². The molecule has 0 radical (unpaired) electrons. The van der Waals surface area contributed by atoms with E-state index in [1.165, 1.54) is 23.6 Å². The van der Waals surface area contributed by atoms with Gasteiger partial charge in [-0.25, -0.2) is 9.59 Å². The predicted octanol–water partition coefficient (Wildman–Crippen LogP) is 8.49. The second kappa shape index (κ2) is 17.3. The minimum absolute atomic E-state index is 0.0965. The molecule has 0 unspecified atom stereocenters. The zero-order chi connectivity index (χ0) is 31.9. The highest BCUT2D eigenvalue weighted by molar-refractivity contribution is 5.88. The summed E-state index contributed by atoms with van der Waals surface area (Å²) in [5.74, 6) is -0.0965. The molecule has 8 heteroatoms. The van der Waals surface area contributed by atoms with E-state index in [1.807, 2.05) is 72.8 Å². The van der Waals surface area contributed by atoms with Crippen LogP contribution >= 0.6 is 0 Å². The third kappa shape index (κ3) is 12.2. The molecule has 0 aliphatic heterocycles. The lowest BCUT2D eigenvalue weighted by molar-refractivity contribution is -0.114. The number of hydrogen-bond acceptors (Lipinski definition) is 5. The first kappa shape index (κ1) is 32.8. The molecule has 0 bridgehead atoms. The van der Waals surface area contributed by atoms with Crippen molar-refractivity contribution < 1.29 is 23.9 Å². The van der Waals surface area contributed by atoms with Gasteiger partial charge >= 0.3 is 12.2 Å². The zero-order valence-corrected chi connectivity index (χ0v) is 25.9. The van der Waals surface area contributed by atoms with Crippen molar-refractivity contribution in [2.24, 2.45) is 0 Å². The number of carbonyl (C=O) groups is 3. The normalized spacial score (nSPS) is 10.5. The van der Waals surface area contributed by atoms with Gasteiger partial charge in [0.05, 0.1) is 13.2 Å². The Morgan fingerprint density at radius 2 is 0.822 bits per heavy atom. The number of benzene rings is 4. The fraction of sp³-hybridized carbons (Fsp3) is 0.270. The summed E-state index contributed by atoms with van der Waals surface area (Å²) in [7, 11) is 0. The summed E-state index contributed by atoms with van der Waals surface area (Å²) < 4.78 is 10.6. The van der Waals surface area contributed by atoms with Crippen LogP contribution in [0.5, 0.6) is 0 Å². The van der Waals surface area contributed by atoms with Crippen molar-refractivity contribution in [3.8, 4) is 0 Å². The molecular formula is C37H41N3O5. The molecule has 3 N–H and O–H groups in total. The van der Waals surface area contributed by atoms with Gasteiger partial charge in [-0.05, 0) is 104 Å². The Hall–Kier alpha value is -5.11. The topological polar surface area (TPSA) is 106 Å². The molecule has 4 aromatic carbocycles. The van der Waals surface area contributed by atoms with Gasteiger partial charge < -0.3 is 14.8 Å². The molecule has 8 nitrogen and oxygen atoms in total. The fourth-order valence-corrected chi connectivity index (χ4v) is 4.69. The van der Waals surface area contributed by atoms with Crippen molar-refractivity contribution in [3.63, 3.8) is 0 Å². The monoisotopic (exact) mass is 607 g/mol. The van der Waals surface area contributed by atoms with Gasteiger partial charge in [0.2, 0.25) is 5.91 Å². The number of aryl methyl sites for hydroxylation is 1. The zero-order valence-electron chi connectivity index (χ0n) is 25.9. The number of carbonyl (C=O) groups excluding carboxylic acids is 3. The van der Waals surface area contributed by atoms with E-state index in [0.29, 0.717) is 24.6 Å².